The largest absolute Gasteiger partial charge is 0.316 e. The van der Waals surface area contributed by atoms with Gasteiger partial charge in [-0.3, -0.25) is 0 Å². The number of piperidine rings is 2. The molecule has 1 N–H and O–H groups in total. The van der Waals surface area contributed by atoms with Crippen LogP contribution in [0.2, 0.25) is 0 Å². The van der Waals surface area contributed by atoms with E-state index in [-0.39, 0.29) is 0 Å². The van der Waals surface area contributed by atoms with Crippen LogP contribution < -0.4 is 5.32 Å². The first-order chi connectivity index (χ1) is 6.86. The molecular formula is C12H24N2. The Hall–Kier alpha value is -0.0800. The maximum atomic E-state index is 3.48. The van der Waals surface area contributed by atoms with Crippen molar-refractivity contribution in [2.45, 2.75) is 32.6 Å². The molecule has 82 valence electrons. The van der Waals surface area contributed by atoms with Crippen molar-refractivity contribution >= 4 is 0 Å². The molecule has 0 unspecified atom stereocenters. The molecule has 2 aliphatic heterocycles. The molecule has 0 aromatic carbocycles. The van der Waals surface area contributed by atoms with Gasteiger partial charge in [0, 0.05) is 6.54 Å². The van der Waals surface area contributed by atoms with E-state index >= 15 is 0 Å². The van der Waals surface area contributed by atoms with Gasteiger partial charge >= 0.3 is 0 Å². The third-order valence-electron chi connectivity index (χ3n) is 3.90. The predicted octanol–water partition coefficient (Wildman–Crippen LogP) is 1.72. The Kier molecular flexibility index (Phi) is 3.82. The highest BCUT2D eigenvalue weighted by Gasteiger charge is 2.23. The lowest BCUT2D eigenvalue weighted by Crippen LogP contribution is -2.42. The minimum atomic E-state index is 0.880. The second kappa shape index (κ2) is 5.13. The van der Waals surface area contributed by atoms with E-state index in [9.17, 15) is 0 Å². The van der Waals surface area contributed by atoms with E-state index in [1.54, 1.807) is 0 Å². The van der Waals surface area contributed by atoms with E-state index in [2.05, 4.69) is 17.1 Å². The Balaban J connectivity index is 1.76. The summed E-state index contributed by atoms with van der Waals surface area (Å²) in [5.74, 6) is 1.83. The van der Waals surface area contributed by atoms with Gasteiger partial charge in [0.05, 0.1) is 0 Å². The summed E-state index contributed by atoms with van der Waals surface area (Å²) in [6.07, 6.45) is 5.70. The molecule has 0 radical (unpaired) electrons. The van der Waals surface area contributed by atoms with Gasteiger partial charge in [0.25, 0.3) is 0 Å². The molecule has 2 saturated heterocycles. The fraction of sp³-hybridized carbons (Fsp3) is 1.00. The molecule has 2 atom stereocenters. The van der Waals surface area contributed by atoms with Crippen molar-refractivity contribution < 1.29 is 0 Å². The smallest absolute Gasteiger partial charge is 0.00132 e. The molecular weight excluding hydrogens is 172 g/mol. The van der Waals surface area contributed by atoms with Crippen LogP contribution in [0, 0.1) is 11.8 Å². The summed E-state index contributed by atoms with van der Waals surface area (Å²) in [5.41, 5.74) is 0. The topological polar surface area (TPSA) is 15.3 Å². The maximum Gasteiger partial charge on any atom is 0.00132 e. The molecule has 2 rings (SSSR count). The van der Waals surface area contributed by atoms with Crippen LogP contribution in [0.5, 0.6) is 0 Å². The Bertz CT molecular complexity index is 164. The van der Waals surface area contributed by atoms with Crippen molar-refractivity contribution in [2.24, 2.45) is 11.8 Å². The zero-order valence-electron chi connectivity index (χ0n) is 9.47. The van der Waals surface area contributed by atoms with Crippen molar-refractivity contribution in [3.63, 3.8) is 0 Å². The average Bonchev–Trinajstić information content (AvgIpc) is 2.23. The SMILES string of the molecule is C[C@H]1CNCC[C@H]1CN1CCCCC1. The first-order valence-electron chi connectivity index (χ1n) is 6.29. The lowest BCUT2D eigenvalue weighted by atomic mass is 9.87. The summed E-state index contributed by atoms with van der Waals surface area (Å²) < 4.78 is 0. The van der Waals surface area contributed by atoms with Gasteiger partial charge in [0.1, 0.15) is 0 Å². The van der Waals surface area contributed by atoms with E-state index in [0.717, 1.165) is 11.8 Å². The molecule has 2 fully saturated rings. The van der Waals surface area contributed by atoms with Gasteiger partial charge in [-0.15, -0.1) is 0 Å². The molecule has 0 amide bonds. The van der Waals surface area contributed by atoms with Gasteiger partial charge in [-0.05, 0) is 57.3 Å². The molecule has 0 saturated carbocycles. The summed E-state index contributed by atoms with van der Waals surface area (Å²) in [4.78, 5) is 2.69. The highest BCUT2D eigenvalue weighted by atomic mass is 15.1. The number of likely N-dealkylation sites (tertiary alicyclic amines) is 1. The van der Waals surface area contributed by atoms with Crippen molar-refractivity contribution in [1.82, 2.24) is 10.2 Å². The van der Waals surface area contributed by atoms with Crippen LogP contribution in [-0.2, 0) is 0 Å². The monoisotopic (exact) mass is 196 g/mol. The van der Waals surface area contributed by atoms with E-state index in [1.807, 2.05) is 0 Å². The highest BCUT2D eigenvalue weighted by molar-refractivity contribution is 4.78. The fourth-order valence-corrected chi connectivity index (χ4v) is 2.81. The molecule has 2 heterocycles. The number of nitrogens with zero attached hydrogens (tertiary/aromatic N) is 1. The van der Waals surface area contributed by atoms with Gasteiger partial charge in [-0.25, -0.2) is 0 Å². The molecule has 0 spiro atoms. The standard InChI is InChI=1S/C12H24N2/c1-11-9-13-6-5-12(11)10-14-7-3-2-4-8-14/h11-13H,2-10H2,1H3/t11-,12-/m0/s1. The Morgan fingerprint density at radius 1 is 1.21 bits per heavy atom. The fourth-order valence-electron chi connectivity index (χ4n) is 2.81. The quantitative estimate of drug-likeness (QED) is 0.723. The molecule has 2 nitrogen and oxygen atoms in total. The molecule has 2 heteroatoms. The Morgan fingerprint density at radius 3 is 2.71 bits per heavy atom. The molecule has 0 aromatic rings. The number of nitrogens with one attached hydrogen (secondary N) is 1. The van der Waals surface area contributed by atoms with E-state index in [1.165, 1.54) is 58.4 Å². The van der Waals surface area contributed by atoms with Gasteiger partial charge in [0.2, 0.25) is 0 Å². The summed E-state index contributed by atoms with van der Waals surface area (Å²) in [6, 6.07) is 0. The minimum Gasteiger partial charge on any atom is -0.316 e. The van der Waals surface area contributed by atoms with E-state index < -0.39 is 0 Å². The lowest BCUT2D eigenvalue weighted by Gasteiger charge is -2.35. The van der Waals surface area contributed by atoms with Gasteiger partial charge in [-0.2, -0.15) is 0 Å². The third kappa shape index (κ3) is 2.71. The van der Waals surface area contributed by atoms with Crippen LogP contribution in [0.15, 0.2) is 0 Å². The van der Waals surface area contributed by atoms with E-state index in [0.29, 0.717) is 0 Å². The second-order valence-corrected chi connectivity index (χ2v) is 5.09. The van der Waals surface area contributed by atoms with Gasteiger partial charge < -0.3 is 10.2 Å². The second-order valence-electron chi connectivity index (χ2n) is 5.09. The normalized spacial score (nSPS) is 35.8. The first kappa shape index (κ1) is 10.4. The summed E-state index contributed by atoms with van der Waals surface area (Å²) in [5, 5.41) is 3.48. The summed E-state index contributed by atoms with van der Waals surface area (Å²) >= 11 is 0. The van der Waals surface area contributed by atoms with Crippen molar-refractivity contribution in [3.8, 4) is 0 Å². The van der Waals surface area contributed by atoms with Crippen LogP contribution in [0.4, 0.5) is 0 Å². The van der Waals surface area contributed by atoms with Crippen molar-refractivity contribution in [3.05, 3.63) is 0 Å². The van der Waals surface area contributed by atoms with Crippen LogP contribution in [0.1, 0.15) is 32.6 Å². The molecule has 0 aromatic heterocycles. The average molecular weight is 196 g/mol. The molecule has 0 bridgehead atoms. The zero-order chi connectivity index (χ0) is 9.80. The summed E-state index contributed by atoms with van der Waals surface area (Å²) in [6.45, 7) is 8.96. The summed E-state index contributed by atoms with van der Waals surface area (Å²) in [7, 11) is 0. The van der Waals surface area contributed by atoms with Gasteiger partial charge in [-0.1, -0.05) is 13.3 Å². The van der Waals surface area contributed by atoms with Crippen LogP contribution >= 0.6 is 0 Å². The van der Waals surface area contributed by atoms with Crippen molar-refractivity contribution in [2.75, 3.05) is 32.7 Å². The van der Waals surface area contributed by atoms with Crippen LogP contribution in [-0.4, -0.2) is 37.6 Å². The lowest BCUT2D eigenvalue weighted by molar-refractivity contribution is 0.148. The maximum absolute atomic E-state index is 3.48. The number of hydrogen-bond donors (Lipinski definition) is 1. The van der Waals surface area contributed by atoms with Crippen molar-refractivity contribution in [1.29, 1.82) is 0 Å². The van der Waals surface area contributed by atoms with Crippen LogP contribution in [0.25, 0.3) is 0 Å². The zero-order valence-corrected chi connectivity index (χ0v) is 9.47. The highest BCUT2D eigenvalue weighted by Crippen LogP contribution is 2.21. The van der Waals surface area contributed by atoms with Crippen LogP contribution in [0.3, 0.4) is 0 Å². The van der Waals surface area contributed by atoms with E-state index in [4.69, 9.17) is 0 Å². The molecule has 0 aliphatic carbocycles. The number of hydrogen-bond acceptors (Lipinski definition) is 2. The Morgan fingerprint density at radius 2 is 2.00 bits per heavy atom. The minimum absolute atomic E-state index is 0.880. The molecule has 14 heavy (non-hydrogen) atoms. The Labute approximate surface area is 88.1 Å². The van der Waals surface area contributed by atoms with Gasteiger partial charge in [0.15, 0.2) is 0 Å². The molecule has 2 aliphatic rings. The first-order valence-corrected chi connectivity index (χ1v) is 6.29. The third-order valence-corrected chi connectivity index (χ3v) is 3.90. The predicted molar refractivity (Wildman–Crippen MR) is 60.4 cm³/mol. The number of rotatable bonds is 2.